The van der Waals surface area contributed by atoms with Crippen molar-refractivity contribution in [1.82, 2.24) is 5.32 Å². The SMILES string of the molecule is CC(Cc1ccc(O)cc1)NCC(F)F. The van der Waals surface area contributed by atoms with Crippen LogP contribution < -0.4 is 5.32 Å². The average Bonchev–Trinajstić information content (AvgIpc) is 2.19. The molecule has 0 bridgehead atoms. The van der Waals surface area contributed by atoms with Crippen LogP contribution in [0.1, 0.15) is 12.5 Å². The molecular weight excluding hydrogens is 200 g/mol. The molecule has 0 radical (unpaired) electrons. The molecule has 2 nitrogen and oxygen atoms in total. The lowest BCUT2D eigenvalue weighted by molar-refractivity contribution is 0.142. The Morgan fingerprint density at radius 1 is 1.27 bits per heavy atom. The third-order valence-electron chi connectivity index (χ3n) is 2.10. The van der Waals surface area contributed by atoms with Gasteiger partial charge in [-0.3, -0.25) is 0 Å². The summed E-state index contributed by atoms with van der Waals surface area (Å²) in [5.41, 5.74) is 1.02. The Morgan fingerprint density at radius 3 is 2.40 bits per heavy atom. The third kappa shape index (κ3) is 4.74. The van der Waals surface area contributed by atoms with E-state index in [-0.39, 0.29) is 18.3 Å². The summed E-state index contributed by atoms with van der Waals surface area (Å²) in [5, 5.41) is 11.8. The van der Waals surface area contributed by atoms with E-state index < -0.39 is 6.43 Å². The van der Waals surface area contributed by atoms with Gasteiger partial charge in [0.1, 0.15) is 5.75 Å². The fourth-order valence-electron chi connectivity index (χ4n) is 1.35. The van der Waals surface area contributed by atoms with Crippen LogP contribution >= 0.6 is 0 Å². The third-order valence-corrected chi connectivity index (χ3v) is 2.10. The summed E-state index contributed by atoms with van der Waals surface area (Å²) >= 11 is 0. The van der Waals surface area contributed by atoms with Gasteiger partial charge in [-0.05, 0) is 31.0 Å². The normalized spacial score (nSPS) is 13.1. The van der Waals surface area contributed by atoms with Gasteiger partial charge < -0.3 is 10.4 Å². The van der Waals surface area contributed by atoms with Crippen molar-refractivity contribution in [1.29, 1.82) is 0 Å². The molecule has 1 atom stereocenters. The van der Waals surface area contributed by atoms with Gasteiger partial charge in [0.25, 0.3) is 6.43 Å². The summed E-state index contributed by atoms with van der Waals surface area (Å²) in [6.45, 7) is 1.58. The molecule has 0 aromatic heterocycles. The van der Waals surface area contributed by atoms with Gasteiger partial charge >= 0.3 is 0 Å². The van der Waals surface area contributed by atoms with Crippen molar-refractivity contribution in [2.24, 2.45) is 0 Å². The number of phenolic OH excluding ortho intramolecular Hbond substituents is 1. The number of hydrogen-bond acceptors (Lipinski definition) is 2. The number of alkyl halides is 2. The summed E-state index contributed by atoms with van der Waals surface area (Å²) in [4.78, 5) is 0. The van der Waals surface area contributed by atoms with E-state index in [4.69, 9.17) is 5.11 Å². The van der Waals surface area contributed by atoms with Crippen LogP contribution in [0, 0.1) is 0 Å². The Kier molecular flexibility index (Phi) is 4.49. The summed E-state index contributed by atoms with van der Waals surface area (Å²) in [6.07, 6.45) is -1.64. The molecule has 0 aliphatic heterocycles. The van der Waals surface area contributed by atoms with Crippen LogP contribution in [-0.4, -0.2) is 24.1 Å². The molecule has 0 spiro atoms. The first-order valence-corrected chi connectivity index (χ1v) is 4.87. The molecule has 0 heterocycles. The van der Waals surface area contributed by atoms with E-state index in [2.05, 4.69) is 5.32 Å². The van der Waals surface area contributed by atoms with Crippen LogP contribution in [-0.2, 0) is 6.42 Å². The first-order chi connectivity index (χ1) is 7.08. The second-order valence-electron chi connectivity index (χ2n) is 3.57. The van der Waals surface area contributed by atoms with Crippen molar-refractivity contribution in [2.75, 3.05) is 6.54 Å². The van der Waals surface area contributed by atoms with Crippen LogP contribution in [0.2, 0.25) is 0 Å². The number of aromatic hydroxyl groups is 1. The van der Waals surface area contributed by atoms with Crippen LogP contribution in [0.15, 0.2) is 24.3 Å². The van der Waals surface area contributed by atoms with Gasteiger partial charge in [0.15, 0.2) is 0 Å². The van der Waals surface area contributed by atoms with Crippen molar-refractivity contribution in [2.45, 2.75) is 25.8 Å². The second-order valence-corrected chi connectivity index (χ2v) is 3.57. The van der Waals surface area contributed by atoms with Crippen molar-refractivity contribution in [3.8, 4) is 5.75 Å². The summed E-state index contributed by atoms with van der Waals surface area (Å²) in [7, 11) is 0. The van der Waals surface area contributed by atoms with E-state index in [9.17, 15) is 8.78 Å². The standard InChI is InChI=1S/C11H15F2NO/c1-8(14-7-11(12)13)6-9-2-4-10(15)5-3-9/h2-5,8,11,14-15H,6-7H2,1H3. The monoisotopic (exact) mass is 215 g/mol. The minimum absolute atomic E-state index is 0.00328. The first-order valence-electron chi connectivity index (χ1n) is 4.87. The maximum Gasteiger partial charge on any atom is 0.250 e. The van der Waals surface area contributed by atoms with E-state index in [1.165, 1.54) is 0 Å². The Hall–Kier alpha value is -1.16. The number of rotatable bonds is 5. The molecule has 0 fully saturated rings. The molecule has 84 valence electrons. The number of phenols is 1. The summed E-state index contributed by atoms with van der Waals surface area (Å²) in [5.74, 6) is 0.215. The zero-order valence-electron chi connectivity index (χ0n) is 8.58. The van der Waals surface area contributed by atoms with Crippen LogP contribution in [0.4, 0.5) is 8.78 Å². The molecule has 0 saturated heterocycles. The van der Waals surface area contributed by atoms with E-state index in [0.717, 1.165) is 5.56 Å². The molecule has 2 N–H and O–H groups in total. The van der Waals surface area contributed by atoms with Gasteiger partial charge in [0.05, 0.1) is 6.54 Å². The lowest BCUT2D eigenvalue weighted by Gasteiger charge is -2.13. The Balaban J connectivity index is 2.37. The van der Waals surface area contributed by atoms with Crippen LogP contribution in [0.5, 0.6) is 5.75 Å². The number of nitrogens with one attached hydrogen (secondary N) is 1. The minimum Gasteiger partial charge on any atom is -0.508 e. The Labute approximate surface area is 87.9 Å². The smallest absolute Gasteiger partial charge is 0.250 e. The zero-order chi connectivity index (χ0) is 11.3. The van der Waals surface area contributed by atoms with Crippen LogP contribution in [0.25, 0.3) is 0 Å². The number of benzene rings is 1. The molecule has 0 aliphatic carbocycles. The predicted molar refractivity (Wildman–Crippen MR) is 55.3 cm³/mol. The van der Waals surface area contributed by atoms with Gasteiger partial charge in [0, 0.05) is 6.04 Å². The van der Waals surface area contributed by atoms with Crippen molar-refractivity contribution in [3.05, 3.63) is 29.8 Å². The minimum atomic E-state index is -2.31. The second kappa shape index (κ2) is 5.66. The largest absolute Gasteiger partial charge is 0.508 e. The van der Waals surface area contributed by atoms with Gasteiger partial charge in [-0.1, -0.05) is 12.1 Å². The summed E-state index contributed by atoms with van der Waals surface area (Å²) < 4.78 is 23.8. The van der Waals surface area contributed by atoms with E-state index in [1.54, 1.807) is 24.3 Å². The van der Waals surface area contributed by atoms with Crippen LogP contribution in [0.3, 0.4) is 0 Å². The topological polar surface area (TPSA) is 32.3 Å². The quantitative estimate of drug-likeness (QED) is 0.789. The molecule has 0 amide bonds. The van der Waals surface area contributed by atoms with Gasteiger partial charge in [-0.15, -0.1) is 0 Å². The molecule has 1 unspecified atom stereocenters. The number of halogens is 2. The molecule has 4 heteroatoms. The Bertz CT molecular complexity index is 287. The predicted octanol–water partition coefficient (Wildman–Crippen LogP) is 2.18. The van der Waals surface area contributed by atoms with E-state index >= 15 is 0 Å². The fourth-order valence-corrected chi connectivity index (χ4v) is 1.35. The van der Waals surface area contributed by atoms with Gasteiger partial charge in [-0.25, -0.2) is 8.78 Å². The van der Waals surface area contributed by atoms with Gasteiger partial charge in [-0.2, -0.15) is 0 Å². The molecule has 0 saturated carbocycles. The van der Waals surface area contributed by atoms with Crippen molar-refractivity contribution >= 4 is 0 Å². The van der Waals surface area contributed by atoms with Crippen molar-refractivity contribution in [3.63, 3.8) is 0 Å². The first kappa shape index (κ1) is 11.9. The molecular formula is C11H15F2NO. The highest BCUT2D eigenvalue weighted by Crippen LogP contribution is 2.11. The highest BCUT2D eigenvalue weighted by Gasteiger charge is 2.06. The summed E-state index contributed by atoms with van der Waals surface area (Å²) in [6, 6.07) is 6.76. The van der Waals surface area contributed by atoms with Crippen molar-refractivity contribution < 1.29 is 13.9 Å². The highest BCUT2D eigenvalue weighted by molar-refractivity contribution is 5.26. The maximum atomic E-state index is 11.9. The van der Waals surface area contributed by atoms with Gasteiger partial charge in [0.2, 0.25) is 0 Å². The average molecular weight is 215 g/mol. The molecule has 0 aliphatic rings. The molecule has 1 aromatic rings. The van der Waals surface area contributed by atoms with E-state index in [1.807, 2.05) is 6.92 Å². The number of hydrogen-bond donors (Lipinski definition) is 2. The zero-order valence-corrected chi connectivity index (χ0v) is 8.58. The lowest BCUT2D eigenvalue weighted by Crippen LogP contribution is -2.32. The molecule has 15 heavy (non-hydrogen) atoms. The maximum absolute atomic E-state index is 11.9. The fraction of sp³-hybridized carbons (Fsp3) is 0.455. The highest BCUT2D eigenvalue weighted by atomic mass is 19.3. The Morgan fingerprint density at radius 2 is 1.87 bits per heavy atom. The lowest BCUT2D eigenvalue weighted by atomic mass is 10.1. The van der Waals surface area contributed by atoms with E-state index in [0.29, 0.717) is 6.42 Å². The molecule has 1 rings (SSSR count). The molecule has 1 aromatic carbocycles.